The van der Waals surface area contributed by atoms with E-state index in [-0.39, 0.29) is 11.3 Å². The molecule has 0 saturated heterocycles. The molecule has 2 heterocycles. The minimum absolute atomic E-state index is 0.0597. The average molecular weight is 431 g/mol. The molecule has 5 rings (SSSR count). The molecule has 1 aliphatic heterocycles. The molecule has 2 aliphatic rings. The highest BCUT2D eigenvalue weighted by Crippen LogP contribution is 2.43. The van der Waals surface area contributed by atoms with Crippen LogP contribution in [0.15, 0.2) is 66.9 Å². The first-order valence-corrected chi connectivity index (χ1v) is 11.4. The average Bonchev–Trinajstić information content (AvgIpc) is 3.12. The van der Waals surface area contributed by atoms with Crippen molar-refractivity contribution in [1.29, 1.82) is 0 Å². The first-order chi connectivity index (χ1) is 14.9. The topological polar surface area (TPSA) is 25.2 Å². The van der Waals surface area contributed by atoms with Crippen molar-refractivity contribution in [3.05, 3.63) is 94.3 Å². The van der Waals surface area contributed by atoms with Crippen molar-refractivity contribution >= 4 is 28.8 Å². The number of halogens is 1. The van der Waals surface area contributed by atoms with Crippen LogP contribution in [0.3, 0.4) is 0 Å². The lowest BCUT2D eigenvalue weighted by atomic mass is 9.73. The molecule has 0 bridgehead atoms. The SMILES string of the molecule is CC1(C)CCCC=C1c1ccc(C(=O)N2Cc3cccn3Cc3ccccc32)c(Cl)c1. The molecule has 0 radical (unpaired) electrons. The van der Waals surface area contributed by atoms with Crippen LogP contribution in [0.4, 0.5) is 5.69 Å². The fourth-order valence-electron chi connectivity index (χ4n) is 4.98. The van der Waals surface area contributed by atoms with Crippen molar-refractivity contribution in [2.24, 2.45) is 5.41 Å². The first-order valence-electron chi connectivity index (χ1n) is 11.0. The van der Waals surface area contributed by atoms with Crippen molar-refractivity contribution in [2.45, 2.75) is 46.2 Å². The van der Waals surface area contributed by atoms with Gasteiger partial charge >= 0.3 is 0 Å². The Morgan fingerprint density at radius 1 is 1.03 bits per heavy atom. The lowest BCUT2D eigenvalue weighted by Gasteiger charge is -2.32. The Kier molecular flexibility index (Phi) is 5.02. The minimum atomic E-state index is -0.0597. The van der Waals surface area contributed by atoms with Gasteiger partial charge in [0.05, 0.1) is 17.1 Å². The van der Waals surface area contributed by atoms with Crippen molar-refractivity contribution in [1.82, 2.24) is 4.57 Å². The second kappa shape index (κ2) is 7.72. The molecule has 4 heteroatoms. The number of carbonyl (C=O) groups excluding carboxylic acids is 1. The molecule has 0 spiro atoms. The Labute approximate surface area is 189 Å². The molecule has 0 N–H and O–H groups in total. The molecule has 2 aromatic carbocycles. The Hall–Kier alpha value is -2.78. The lowest BCUT2D eigenvalue weighted by molar-refractivity contribution is 0.0985. The molecule has 0 unspecified atom stereocenters. The van der Waals surface area contributed by atoms with Gasteiger partial charge in [0.1, 0.15) is 0 Å². The van der Waals surface area contributed by atoms with Crippen molar-refractivity contribution in [2.75, 3.05) is 4.90 Å². The van der Waals surface area contributed by atoms with Gasteiger partial charge in [-0.25, -0.2) is 0 Å². The van der Waals surface area contributed by atoms with E-state index in [0.29, 0.717) is 17.1 Å². The third-order valence-corrected chi connectivity index (χ3v) is 7.02. The van der Waals surface area contributed by atoms with Gasteiger partial charge in [-0.1, -0.05) is 55.8 Å². The molecule has 31 heavy (non-hydrogen) atoms. The Morgan fingerprint density at radius 3 is 2.68 bits per heavy atom. The molecule has 3 nitrogen and oxygen atoms in total. The van der Waals surface area contributed by atoms with Crippen LogP contribution in [-0.4, -0.2) is 10.5 Å². The fourth-order valence-corrected chi connectivity index (χ4v) is 5.24. The van der Waals surface area contributed by atoms with E-state index in [1.807, 2.05) is 41.3 Å². The van der Waals surface area contributed by atoms with Gasteiger partial charge in [0.25, 0.3) is 5.91 Å². The van der Waals surface area contributed by atoms with Crippen LogP contribution >= 0.6 is 11.6 Å². The number of benzene rings is 2. The van der Waals surface area contributed by atoms with Crippen LogP contribution < -0.4 is 4.90 Å². The number of amides is 1. The number of hydrogen-bond acceptors (Lipinski definition) is 1. The number of nitrogens with zero attached hydrogens (tertiary/aromatic N) is 2. The zero-order chi connectivity index (χ0) is 21.6. The number of carbonyl (C=O) groups is 1. The van der Waals surface area contributed by atoms with E-state index in [1.54, 1.807) is 0 Å². The molecule has 1 aromatic heterocycles. The maximum Gasteiger partial charge on any atom is 0.260 e. The van der Waals surface area contributed by atoms with Crippen LogP contribution in [0, 0.1) is 5.41 Å². The van der Waals surface area contributed by atoms with Gasteiger partial charge in [-0.05, 0) is 71.7 Å². The van der Waals surface area contributed by atoms with Crippen LogP contribution in [0.25, 0.3) is 5.57 Å². The molecule has 158 valence electrons. The molecule has 1 amide bonds. The number of anilines is 1. The van der Waals surface area contributed by atoms with E-state index < -0.39 is 0 Å². The molecule has 0 saturated carbocycles. The molecule has 3 aromatic rings. The summed E-state index contributed by atoms with van der Waals surface area (Å²) in [5.41, 5.74) is 6.33. The number of aromatic nitrogens is 1. The maximum atomic E-state index is 13.7. The predicted molar refractivity (Wildman–Crippen MR) is 128 cm³/mol. The van der Waals surface area contributed by atoms with Gasteiger partial charge in [-0.15, -0.1) is 0 Å². The monoisotopic (exact) mass is 430 g/mol. The molecule has 1 aliphatic carbocycles. The third-order valence-electron chi connectivity index (χ3n) is 6.71. The van der Waals surface area contributed by atoms with Crippen molar-refractivity contribution in [3.8, 4) is 0 Å². The fraction of sp³-hybridized carbons (Fsp3) is 0.296. The van der Waals surface area contributed by atoms with Crippen LogP contribution in [0.1, 0.15) is 60.3 Å². The van der Waals surface area contributed by atoms with Crippen molar-refractivity contribution in [3.63, 3.8) is 0 Å². The van der Waals surface area contributed by atoms with Crippen LogP contribution in [0.5, 0.6) is 0 Å². The summed E-state index contributed by atoms with van der Waals surface area (Å²) in [4.78, 5) is 15.6. The Balaban J connectivity index is 1.52. The summed E-state index contributed by atoms with van der Waals surface area (Å²) in [7, 11) is 0. The van der Waals surface area contributed by atoms with Gasteiger partial charge in [0, 0.05) is 24.1 Å². The van der Waals surface area contributed by atoms with Crippen molar-refractivity contribution < 1.29 is 4.79 Å². The zero-order valence-electron chi connectivity index (χ0n) is 18.1. The summed E-state index contributed by atoms with van der Waals surface area (Å²) < 4.78 is 2.20. The quantitative estimate of drug-likeness (QED) is 0.432. The molecule has 0 atom stereocenters. The van der Waals surface area contributed by atoms with Gasteiger partial charge in [-0.3, -0.25) is 4.79 Å². The van der Waals surface area contributed by atoms with E-state index in [9.17, 15) is 4.79 Å². The smallest absolute Gasteiger partial charge is 0.260 e. The van der Waals surface area contributed by atoms with E-state index in [4.69, 9.17) is 11.6 Å². The van der Waals surface area contributed by atoms with Gasteiger partial charge in [0.2, 0.25) is 0 Å². The van der Waals surface area contributed by atoms with E-state index >= 15 is 0 Å². The van der Waals surface area contributed by atoms with Crippen LogP contribution in [0.2, 0.25) is 5.02 Å². The number of hydrogen-bond donors (Lipinski definition) is 0. The van der Waals surface area contributed by atoms with Gasteiger partial charge in [0.15, 0.2) is 0 Å². The summed E-state index contributed by atoms with van der Waals surface area (Å²) in [6, 6.07) is 18.2. The van der Waals surface area contributed by atoms with E-state index in [0.717, 1.165) is 35.5 Å². The van der Waals surface area contributed by atoms with Gasteiger partial charge in [-0.2, -0.15) is 0 Å². The highest BCUT2D eigenvalue weighted by atomic mass is 35.5. The second-order valence-electron chi connectivity index (χ2n) is 9.24. The Morgan fingerprint density at radius 2 is 1.87 bits per heavy atom. The zero-order valence-corrected chi connectivity index (χ0v) is 18.8. The largest absolute Gasteiger partial charge is 0.345 e. The predicted octanol–water partition coefficient (Wildman–Crippen LogP) is 6.94. The maximum absolute atomic E-state index is 13.7. The normalized spacial score (nSPS) is 17.4. The molecular weight excluding hydrogens is 404 g/mol. The summed E-state index contributed by atoms with van der Waals surface area (Å²) in [5.74, 6) is -0.0597. The molecule has 0 fully saturated rings. The first kappa shape index (κ1) is 20.1. The van der Waals surface area contributed by atoms with Crippen LogP contribution in [-0.2, 0) is 13.1 Å². The number of para-hydroxylation sites is 1. The molecular formula is C27H27ClN2O. The van der Waals surface area contributed by atoms with E-state index in [1.165, 1.54) is 18.4 Å². The standard InChI is InChI=1S/C27H27ClN2O/c1-27(2)14-6-5-10-23(27)19-12-13-22(24(28)16-19)26(31)30-18-21-9-7-15-29(21)17-20-8-3-4-11-25(20)30/h3-4,7-13,15-16H,5-6,14,17-18H2,1-2H3. The second-order valence-corrected chi connectivity index (χ2v) is 9.64. The summed E-state index contributed by atoms with van der Waals surface area (Å²) in [5, 5.41) is 0.516. The van der Waals surface area contributed by atoms with E-state index in [2.05, 4.69) is 48.9 Å². The third kappa shape index (κ3) is 3.61. The Bertz CT molecular complexity index is 1190. The highest BCUT2D eigenvalue weighted by Gasteiger charge is 2.29. The highest BCUT2D eigenvalue weighted by molar-refractivity contribution is 6.34. The summed E-state index contributed by atoms with van der Waals surface area (Å²) >= 11 is 6.72. The van der Waals surface area contributed by atoms with Gasteiger partial charge < -0.3 is 9.47 Å². The minimum Gasteiger partial charge on any atom is -0.345 e. The summed E-state index contributed by atoms with van der Waals surface area (Å²) in [6.45, 7) is 5.86. The lowest BCUT2D eigenvalue weighted by Crippen LogP contribution is -2.31. The number of allylic oxidation sites excluding steroid dienone is 2. The number of fused-ring (bicyclic) bond motifs is 2. The number of rotatable bonds is 2. The summed E-state index contributed by atoms with van der Waals surface area (Å²) in [6.07, 6.45) is 7.89.